The standard InChI is InChI=1S/C33H61N3O6/c1-7-9-11-13-14-17-22-35-31(39)36(24-18-12-10-8-2)26-19-15-16-20-27(26)41-28(37)21-23-34-30(38)29-32(3,4)25-40-33(5,6)42-29/h26-27,29H,7-25H2,1-6H3,(H,34,38)(H,35,39). The van der Waals surface area contributed by atoms with Crippen LogP contribution in [-0.2, 0) is 23.8 Å². The Balaban J connectivity index is 1.90. The van der Waals surface area contributed by atoms with Crippen LogP contribution in [0, 0.1) is 5.41 Å². The van der Waals surface area contributed by atoms with Gasteiger partial charge in [0.05, 0.1) is 19.1 Å². The molecule has 0 spiro atoms. The molecule has 3 unspecified atom stereocenters. The number of carbonyl (C=O) groups excluding carboxylic acids is 3. The van der Waals surface area contributed by atoms with E-state index in [1.807, 2.05) is 18.7 Å². The van der Waals surface area contributed by atoms with Crippen molar-refractivity contribution in [2.75, 3.05) is 26.2 Å². The zero-order chi connectivity index (χ0) is 31.0. The number of esters is 1. The molecular formula is C33H61N3O6. The first-order chi connectivity index (χ1) is 20.0. The van der Waals surface area contributed by atoms with Gasteiger partial charge in [-0.3, -0.25) is 9.59 Å². The minimum absolute atomic E-state index is 0.0396. The van der Waals surface area contributed by atoms with Crippen LogP contribution < -0.4 is 10.6 Å². The van der Waals surface area contributed by atoms with Crippen LogP contribution >= 0.6 is 0 Å². The van der Waals surface area contributed by atoms with E-state index in [9.17, 15) is 14.4 Å². The predicted molar refractivity (Wildman–Crippen MR) is 166 cm³/mol. The number of ether oxygens (including phenoxy) is 3. The Morgan fingerprint density at radius 1 is 0.833 bits per heavy atom. The molecular weight excluding hydrogens is 534 g/mol. The molecule has 0 aromatic rings. The van der Waals surface area contributed by atoms with E-state index in [4.69, 9.17) is 14.2 Å². The van der Waals surface area contributed by atoms with E-state index < -0.39 is 17.3 Å². The average Bonchev–Trinajstić information content (AvgIpc) is 2.94. The third kappa shape index (κ3) is 12.8. The van der Waals surface area contributed by atoms with Crippen LogP contribution in [0.5, 0.6) is 0 Å². The number of carbonyl (C=O) groups is 3. The van der Waals surface area contributed by atoms with Crippen molar-refractivity contribution in [1.29, 1.82) is 0 Å². The highest BCUT2D eigenvalue weighted by atomic mass is 16.7. The number of nitrogens with one attached hydrogen (secondary N) is 2. The summed E-state index contributed by atoms with van der Waals surface area (Å²) < 4.78 is 17.6. The number of hydrogen-bond acceptors (Lipinski definition) is 6. The van der Waals surface area contributed by atoms with Crippen molar-refractivity contribution in [3.8, 4) is 0 Å². The monoisotopic (exact) mass is 595 g/mol. The second kappa shape index (κ2) is 18.7. The lowest BCUT2D eigenvalue weighted by Crippen LogP contribution is -2.56. The van der Waals surface area contributed by atoms with Crippen molar-refractivity contribution in [3.63, 3.8) is 0 Å². The van der Waals surface area contributed by atoms with Crippen molar-refractivity contribution in [2.24, 2.45) is 5.41 Å². The largest absolute Gasteiger partial charge is 0.460 e. The molecule has 2 rings (SSSR count). The molecule has 2 aliphatic rings. The average molecular weight is 596 g/mol. The van der Waals surface area contributed by atoms with Gasteiger partial charge in [-0.15, -0.1) is 0 Å². The number of unbranched alkanes of at least 4 members (excludes halogenated alkanes) is 8. The van der Waals surface area contributed by atoms with E-state index in [-0.39, 0.29) is 43.0 Å². The smallest absolute Gasteiger partial charge is 0.317 e. The Labute approximate surface area is 255 Å². The molecule has 244 valence electrons. The van der Waals surface area contributed by atoms with Crippen molar-refractivity contribution < 1.29 is 28.6 Å². The zero-order valence-corrected chi connectivity index (χ0v) is 27.6. The summed E-state index contributed by atoms with van der Waals surface area (Å²) in [5.74, 6) is -1.44. The lowest BCUT2D eigenvalue weighted by atomic mass is 9.85. The molecule has 2 fully saturated rings. The fourth-order valence-corrected chi connectivity index (χ4v) is 5.83. The van der Waals surface area contributed by atoms with Crippen LogP contribution in [0.25, 0.3) is 0 Å². The highest BCUT2D eigenvalue weighted by Gasteiger charge is 2.45. The van der Waals surface area contributed by atoms with Gasteiger partial charge in [0.1, 0.15) is 12.2 Å². The van der Waals surface area contributed by atoms with E-state index in [1.54, 1.807) is 13.8 Å². The Kier molecular flexibility index (Phi) is 16.2. The van der Waals surface area contributed by atoms with Crippen LogP contribution in [0.1, 0.15) is 138 Å². The van der Waals surface area contributed by atoms with E-state index in [2.05, 4.69) is 24.5 Å². The summed E-state index contributed by atoms with van der Waals surface area (Å²) in [6.07, 6.45) is 14.0. The molecule has 0 aromatic heterocycles. The first kappa shape index (κ1) is 36.3. The minimum atomic E-state index is -0.838. The molecule has 9 heteroatoms. The molecule has 0 bridgehead atoms. The molecule has 42 heavy (non-hydrogen) atoms. The van der Waals surface area contributed by atoms with Crippen molar-refractivity contribution in [2.45, 2.75) is 162 Å². The van der Waals surface area contributed by atoms with Crippen molar-refractivity contribution >= 4 is 17.9 Å². The quantitative estimate of drug-likeness (QED) is 0.139. The van der Waals surface area contributed by atoms with Gasteiger partial charge >= 0.3 is 12.0 Å². The van der Waals surface area contributed by atoms with Crippen LogP contribution in [0.4, 0.5) is 4.79 Å². The summed E-state index contributed by atoms with van der Waals surface area (Å²) in [7, 11) is 0. The van der Waals surface area contributed by atoms with Gasteiger partial charge in [0.15, 0.2) is 5.79 Å². The first-order valence-corrected chi connectivity index (χ1v) is 16.8. The number of rotatable bonds is 18. The molecule has 3 atom stereocenters. The SMILES string of the molecule is CCCCCCCCNC(=O)N(CCCCCC)C1CCCCC1OC(=O)CCNC(=O)C1OC(C)(C)OCC1(C)C. The van der Waals surface area contributed by atoms with E-state index in [0.717, 1.165) is 64.2 Å². The van der Waals surface area contributed by atoms with E-state index in [1.165, 1.54) is 25.7 Å². The second-order valence-corrected chi connectivity index (χ2v) is 13.3. The highest BCUT2D eigenvalue weighted by molar-refractivity contribution is 5.82. The van der Waals surface area contributed by atoms with E-state index in [0.29, 0.717) is 19.7 Å². The Morgan fingerprint density at radius 3 is 2.19 bits per heavy atom. The lowest BCUT2D eigenvalue weighted by molar-refractivity contribution is -0.304. The minimum Gasteiger partial charge on any atom is -0.460 e. The summed E-state index contributed by atoms with van der Waals surface area (Å²) in [6, 6.07) is -0.163. The fourth-order valence-electron chi connectivity index (χ4n) is 5.83. The van der Waals surface area contributed by atoms with Gasteiger partial charge in [-0.1, -0.05) is 85.5 Å². The van der Waals surface area contributed by atoms with Crippen molar-refractivity contribution in [1.82, 2.24) is 15.5 Å². The lowest BCUT2D eigenvalue weighted by Gasteiger charge is -2.44. The van der Waals surface area contributed by atoms with Gasteiger partial charge < -0.3 is 29.7 Å². The first-order valence-electron chi connectivity index (χ1n) is 16.8. The normalized spacial score (nSPS) is 23.1. The maximum atomic E-state index is 13.4. The molecule has 0 aromatic carbocycles. The van der Waals surface area contributed by atoms with Crippen LogP contribution in [0.15, 0.2) is 0 Å². The van der Waals surface area contributed by atoms with Crippen LogP contribution in [0.3, 0.4) is 0 Å². The molecule has 1 heterocycles. The van der Waals surface area contributed by atoms with Gasteiger partial charge in [0.25, 0.3) is 0 Å². The van der Waals surface area contributed by atoms with Gasteiger partial charge in [-0.2, -0.15) is 0 Å². The topological polar surface area (TPSA) is 106 Å². The second-order valence-electron chi connectivity index (χ2n) is 13.3. The molecule has 1 aliphatic heterocycles. The number of amides is 3. The zero-order valence-electron chi connectivity index (χ0n) is 27.6. The summed E-state index contributed by atoms with van der Waals surface area (Å²) in [5.41, 5.74) is -0.481. The summed E-state index contributed by atoms with van der Waals surface area (Å²) in [5, 5.41) is 6.01. The summed E-state index contributed by atoms with van der Waals surface area (Å²) >= 11 is 0. The number of urea groups is 1. The molecule has 1 aliphatic carbocycles. The van der Waals surface area contributed by atoms with Crippen molar-refractivity contribution in [3.05, 3.63) is 0 Å². The third-order valence-electron chi connectivity index (χ3n) is 8.44. The number of hydrogen-bond donors (Lipinski definition) is 2. The van der Waals surface area contributed by atoms with Gasteiger partial charge in [-0.25, -0.2) is 4.79 Å². The maximum absolute atomic E-state index is 13.4. The highest BCUT2D eigenvalue weighted by Crippen LogP contribution is 2.35. The molecule has 1 saturated carbocycles. The summed E-state index contributed by atoms with van der Waals surface area (Å²) in [4.78, 5) is 41.1. The molecule has 9 nitrogen and oxygen atoms in total. The van der Waals surface area contributed by atoms with Gasteiger partial charge in [0, 0.05) is 25.0 Å². The summed E-state index contributed by atoms with van der Waals surface area (Å²) in [6.45, 7) is 13.8. The van der Waals surface area contributed by atoms with Crippen LogP contribution in [0.2, 0.25) is 0 Å². The number of nitrogens with zero attached hydrogens (tertiary/aromatic N) is 1. The molecule has 2 N–H and O–H groups in total. The molecule has 0 radical (unpaired) electrons. The third-order valence-corrected chi connectivity index (χ3v) is 8.44. The van der Waals surface area contributed by atoms with Crippen LogP contribution in [-0.4, -0.2) is 73.1 Å². The molecule has 1 saturated heterocycles. The van der Waals surface area contributed by atoms with E-state index >= 15 is 0 Å². The molecule has 3 amide bonds. The van der Waals surface area contributed by atoms with Gasteiger partial charge in [-0.05, 0) is 46.0 Å². The van der Waals surface area contributed by atoms with Gasteiger partial charge in [0.2, 0.25) is 5.91 Å². The Hall–Kier alpha value is -1.87. The Bertz CT molecular complexity index is 818. The predicted octanol–water partition coefficient (Wildman–Crippen LogP) is 6.48. The maximum Gasteiger partial charge on any atom is 0.317 e. The Morgan fingerprint density at radius 2 is 1.48 bits per heavy atom. The fraction of sp³-hybridized carbons (Fsp3) is 0.909.